The molecule has 0 radical (unpaired) electrons. The summed E-state index contributed by atoms with van der Waals surface area (Å²) < 4.78 is 0. The third-order valence-electron chi connectivity index (χ3n) is 4.26. The zero-order valence-electron chi connectivity index (χ0n) is 14.2. The maximum Gasteiger partial charge on any atom is 0.251 e. The van der Waals surface area contributed by atoms with Crippen molar-refractivity contribution in [1.29, 1.82) is 0 Å². The predicted octanol–water partition coefficient (Wildman–Crippen LogP) is 5.87. The Kier molecular flexibility index (Phi) is 6.37. The molecule has 0 heterocycles. The summed E-state index contributed by atoms with van der Waals surface area (Å²) in [6, 6.07) is 26.9. The summed E-state index contributed by atoms with van der Waals surface area (Å²) in [7, 11) is 0. The predicted molar refractivity (Wildman–Crippen MR) is 111 cm³/mol. The van der Waals surface area contributed by atoms with Gasteiger partial charge in [0.1, 0.15) is 0 Å². The highest BCUT2D eigenvalue weighted by Gasteiger charge is 2.20. The van der Waals surface area contributed by atoms with Crippen molar-refractivity contribution in [2.24, 2.45) is 0 Å². The van der Waals surface area contributed by atoms with E-state index in [9.17, 15) is 4.79 Å². The molecule has 0 spiro atoms. The molecule has 0 fully saturated rings. The molecular weight excluding hydrogens is 362 g/mol. The molecule has 0 aliphatic heterocycles. The van der Waals surface area contributed by atoms with Crippen molar-refractivity contribution in [2.45, 2.75) is 17.7 Å². The third kappa shape index (κ3) is 4.90. The smallest absolute Gasteiger partial charge is 0.251 e. The number of benzene rings is 3. The van der Waals surface area contributed by atoms with Gasteiger partial charge in [-0.25, -0.2) is 0 Å². The Labute approximate surface area is 164 Å². The number of hydrogen-bond acceptors (Lipinski definition) is 2. The number of halogens is 1. The molecule has 3 aromatic carbocycles. The van der Waals surface area contributed by atoms with Crippen LogP contribution in [0.2, 0.25) is 5.02 Å². The highest BCUT2D eigenvalue weighted by molar-refractivity contribution is 7.80. The lowest BCUT2D eigenvalue weighted by molar-refractivity contribution is 0.0934. The lowest BCUT2D eigenvalue weighted by Crippen LogP contribution is -2.29. The van der Waals surface area contributed by atoms with Crippen LogP contribution in [0.15, 0.2) is 84.9 Å². The highest BCUT2D eigenvalue weighted by atomic mass is 35.5. The number of carbonyl (C=O) groups is 1. The molecule has 0 unspecified atom stereocenters. The molecule has 26 heavy (non-hydrogen) atoms. The number of carbonyl (C=O) groups excluding carboxylic acids is 1. The molecule has 0 saturated heterocycles. The van der Waals surface area contributed by atoms with Gasteiger partial charge in [-0.15, -0.1) is 0 Å². The van der Waals surface area contributed by atoms with Crippen molar-refractivity contribution in [3.63, 3.8) is 0 Å². The van der Waals surface area contributed by atoms with Gasteiger partial charge in [0.2, 0.25) is 0 Å². The van der Waals surface area contributed by atoms with Gasteiger partial charge in [0.05, 0.1) is 6.04 Å². The molecule has 0 bridgehead atoms. The molecule has 1 N–H and O–H groups in total. The molecule has 0 aliphatic rings. The Morgan fingerprint density at radius 1 is 0.846 bits per heavy atom. The van der Waals surface area contributed by atoms with Gasteiger partial charge in [-0.3, -0.25) is 4.79 Å². The van der Waals surface area contributed by atoms with E-state index in [2.05, 4.69) is 17.4 Å². The Balaban J connectivity index is 1.79. The number of thiol groups is 1. The number of nitrogens with one attached hydrogen (secondary N) is 1. The van der Waals surface area contributed by atoms with E-state index in [0.717, 1.165) is 11.1 Å². The van der Waals surface area contributed by atoms with Crippen molar-refractivity contribution in [3.05, 3.63) is 107 Å². The maximum absolute atomic E-state index is 12.7. The minimum Gasteiger partial charge on any atom is -0.345 e. The summed E-state index contributed by atoms with van der Waals surface area (Å²) in [5.41, 5.74) is 2.79. The average molecular weight is 382 g/mol. The summed E-state index contributed by atoms with van der Waals surface area (Å²) in [6.07, 6.45) is 0.691. The van der Waals surface area contributed by atoms with E-state index >= 15 is 0 Å². The molecule has 3 rings (SSSR count). The largest absolute Gasteiger partial charge is 0.345 e. The van der Waals surface area contributed by atoms with Crippen molar-refractivity contribution in [1.82, 2.24) is 5.32 Å². The van der Waals surface area contributed by atoms with Gasteiger partial charge in [-0.2, -0.15) is 12.6 Å². The second-order valence-corrected chi connectivity index (χ2v) is 7.17. The highest BCUT2D eigenvalue weighted by Crippen LogP contribution is 2.31. The summed E-state index contributed by atoms with van der Waals surface area (Å²) in [6.45, 7) is 0. The molecule has 132 valence electrons. The molecule has 2 atom stereocenters. The minimum atomic E-state index is -0.137. The first-order valence-corrected chi connectivity index (χ1v) is 9.37. The fraction of sp³-hybridized carbons (Fsp3) is 0.136. The van der Waals surface area contributed by atoms with E-state index in [-0.39, 0.29) is 17.2 Å². The van der Waals surface area contributed by atoms with Gasteiger partial charge in [0.15, 0.2) is 0 Å². The van der Waals surface area contributed by atoms with Crippen LogP contribution in [0.25, 0.3) is 0 Å². The van der Waals surface area contributed by atoms with Gasteiger partial charge in [0.25, 0.3) is 5.91 Å². The normalized spacial score (nSPS) is 13.0. The molecule has 1 amide bonds. The molecule has 3 aromatic rings. The van der Waals surface area contributed by atoms with Gasteiger partial charge in [-0.05, 0) is 41.8 Å². The molecule has 2 nitrogen and oxygen atoms in total. The Bertz CT molecular complexity index is 837. The summed E-state index contributed by atoms with van der Waals surface area (Å²) in [4.78, 5) is 12.7. The van der Waals surface area contributed by atoms with Crippen molar-refractivity contribution < 1.29 is 4.79 Å². The van der Waals surface area contributed by atoms with Gasteiger partial charge in [-0.1, -0.05) is 72.3 Å². The first kappa shape index (κ1) is 18.6. The van der Waals surface area contributed by atoms with Gasteiger partial charge < -0.3 is 5.32 Å². The van der Waals surface area contributed by atoms with Gasteiger partial charge >= 0.3 is 0 Å². The maximum atomic E-state index is 12.7. The van der Waals surface area contributed by atoms with E-state index in [1.807, 2.05) is 48.5 Å². The second kappa shape index (κ2) is 8.93. The Hall–Kier alpha value is -2.23. The summed E-state index contributed by atoms with van der Waals surface area (Å²) >= 11 is 10.7. The van der Waals surface area contributed by atoms with E-state index < -0.39 is 0 Å². The Morgan fingerprint density at radius 3 is 1.96 bits per heavy atom. The van der Waals surface area contributed by atoms with E-state index in [1.54, 1.807) is 24.3 Å². The fourth-order valence-corrected chi connectivity index (χ4v) is 3.35. The number of hydrogen-bond donors (Lipinski definition) is 2. The lowest BCUT2D eigenvalue weighted by atomic mass is 9.98. The van der Waals surface area contributed by atoms with E-state index in [1.165, 1.54) is 0 Å². The summed E-state index contributed by atoms with van der Waals surface area (Å²) in [5, 5.41) is 3.77. The zero-order chi connectivity index (χ0) is 18.4. The number of rotatable bonds is 6. The zero-order valence-corrected chi connectivity index (χ0v) is 15.8. The van der Waals surface area contributed by atoms with Crippen LogP contribution in [0, 0.1) is 0 Å². The van der Waals surface area contributed by atoms with Crippen LogP contribution >= 0.6 is 24.2 Å². The standard InChI is InChI=1S/C22H20ClNOS/c23-19-13-11-18(12-14-19)22(25)24-20(16-7-3-1-4-8-16)15-21(26)17-9-5-2-6-10-17/h1-14,20-21,26H,15H2,(H,24,25)/t20-,21-/m1/s1. The van der Waals surface area contributed by atoms with Crippen molar-refractivity contribution in [3.8, 4) is 0 Å². The van der Waals surface area contributed by atoms with E-state index in [4.69, 9.17) is 24.2 Å². The topological polar surface area (TPSA) is 29.1 Å². The lowest BCUT2D eigenvalue weighted by Gasteiger charge is -2.23. The van der Waals surface area contributed by atoms with Crippen LogP contribution in [-0.2, 0) is 0 Å². The van der Waals surface area contributed by atoms with Crippen LogP contribution in [0.3, 0.4) is 0 Å². The minimum absolute atomic E-state index is 0.0203. The van der Waals surface area contributed by atoms with Crippen LogP contribution < -0.4 is 5.32 Å². The average Bonchev–Trinajstić information content (AvgIpc) is 2.69. The van der Waals surface area contributed by atoms with Gasteiger partial charge in [0, 0.05) is 15.8 Å². The van der Waals surface area contributed by atoms with Crippen LogP contribution in [-0.4, -0.2) is 5.91 Å². The Morgan fingerprint density at radius 2 is 1.38 bits per heavy atom. The SMILES string of the molecule is O=C(N[C@H](C[C@@H](S)c1ccccc1)c1ccccc1)c1ccc(Cl)cc1. The third-order valence-corrected chi connectivity index (χ3v) is 5.02. The van der Waals surface area contributed by atoms with Crippen LogP contribution in [0.5, 0.6) is 0 Å². The molecule has 0 aromatic heterocycles. The second-order valence-electron chi connectivity index (χ2n) is 6.11. The molecule has 0 aliphatic carbocycles. The monoisotopic (exact) mass is 381 g/mol. The van der Waals surface area contributed by atoms with Crippen molar-refractivity contribution in [2.75, 3.05) is 0 Å². The first-order chi connectivity index (χ1) is 12.6. The fourth-order valence-electron chi connectivity index (χ4n) is 2.84. The van der Waals surface area contributed by atoms with E-state index in [0.29, 0.717) is 17.0 Å². The quantitative estimate of drug-likeness (QED) is 0.513. The van der Waals surface area contributed by atoms with Crippen molar-refractivity contribution >= 4 is 30.1 Å². The van der Waals surface area contributed by atoms with Crippen LogP contribution in [0.4, 0.5) is 0 Å². The first-order valence-electron chi connectivity index (χ1n) is 8.48. The summed E-state index contributed by atoms with van der Waals surface area (Å²) in [5.74, 6) is -0.121. The molecule has 0 saturated carbocycles. The van der Waals surface area contributed by atoms with Crippen LogP contribution in [0.1, 0.15) is 39.2 Å². The molecular formula is C22H20ClNOS. The molecule has 4 heteroatoms. The number of amides is 1.